The van der Waals surface area contributed by atoms with Gasteiger partial charge in [0.25, 0.3) is 5.91 Å². The van der Waals surface area contributed by atoms with E-state index in [0.29, 0.717) is 22.6 Å². The Bertz CT molecular complexity index is 1490. The number of amides is 5. The largest absolute Gasteiger partial charge is 0.464 e. The van der Waals surface area contributed by atoms with Crippen LogP contribution in [0.15, 0.2) is 47.8 Å². The van der Waals surface area contributed by atoms with E-state index in [4.69, 9.17) is 15.2 Å². The summed E-state index contributed by atoms with van der Waals surface area (Å²) < 4.78 is 15.3. The first-order chi connectivity index (χ1) is 18.7. The number of urea groups is 1. The van der Waals surface area contributed by atoms with Gasteiger partial charge in [-0.1, -0.05) is 18.2 Å². The van der Waals surface area contributed by atoms with Gasteiger partial charge in [0.1, 0.15) is 12.1 Å². The normalized spacial score (nSPS) is 16.5. The van der Waals surface area contributed by atoms with Gasteiger partial charge in [-0.15, -0.1) is 11.3 Å². The summed E-state index contributed by atoms with van der Waals surface area (Å²) in [5.74, 6) is -1.72. The average molecular weight is 552 g/mol. The number of rotatable bonds is 8. The Kier molecular flexibility index (Phi) is 6.85. The molecule has 1 saturated heterocycles. The summed E-state index contributed by atoms with van der Waals surface area (Å²) in [5, 5.41) is 6.68. The molecule has 5 amide bonds. The minimum Gasteiger partial charge on any atom is -0.464 e. The second-order valence-corrected chi connectivity index (χ2v) is 9.36. The highest BCUT2D eigenvalue weighted by Gasteiger charge is 2.45. The highest BCUT2D eigenvalue weighted by atomic mass is 32.1. The number of aromatic nitrogens is 1. The van der Waals surface area contributed by atoms with Crippen LogP contribution in [0.3, 0.4) is 0 Å². The van der Waals surface area contributed by atoms with E-state index in [1.54, 1.807) is 30.3 Å². The van der Waals surface area contributed by atoms with E-state index in [0.717, 1.165) is 16.2 Å². The molecular formula is C25H21N5O8S. The first-order valence-electron chi connectivity index (χ1n) is 11.5. The maximum Gasteiger partial charge on any atom is 0.357 e. The van der Waals surface area contributed by atoms with Gasteiger partial charge < -0.3 is 30.6 Å². The summed E-state index contributed by atoms with van der Waals surface area (Å²) in [7, 11) is 1.20. The Morgan fingerprint density at radius 1 is 1.18 bits per heavy atom. The molecule has 1 aromatic heterocycles. The standard InChI is InChI=1S/C25H21N5O8S/c1-36-23(34)15-10-39-24(27-15)29-21(32)16(8-12-2-4-13(5-3-12)20(26)31)30-22(33)19(28-25(30)35)14-6-7-17-18(9-14)38-11-37-17/h2-7,9-10,16,19H,8,11H2,1H3,(H2,26,31)(H,28,35)(H,27,29,32). The van der Waals surface area contributed by atoms with Crippen LogP contribution >= 0.6 is 11.3 Å². The lowest BCUT2D eigenvalue weighted by Crippen LogP contribution is -2.49. The summed E-state index contributed by atoms with van der Waals surface area (Å²) in [6.45, 7) is 0.0428. The zero-order valence-electron chi connectivity index (χ0n) is 20.3. The van der Waals surface area contributed by atoms with Crippen molar-refractivity contribution in [2.24, 2.45) is 5.73 Å². The molecule has 0 saturated carbocycles. The first kappa shape index (κ1) is 25.7. The van der Waals surface area contributed by atoms with Crippen LogP contribution in [0.4, 0.5) is 9.93 Å². The van der Waals surface area contributed by atoms with Crippen molar-refractivity contribution in [2.75, 3.05) is 19.2 Å². The van der Waals surface area contributed by atoms with Gasteiger partial charge in [0.2, 0.25) is 18.6 Å². The molecule has 0 bridgehead atoms. The van der Waals surface area contributed by atoms with Crippen molar-refractivity contribution in [3.63, 3.8) is 0 Å². The van der Waals surface area contributed by atoms with Crippen molar-refractivity contribution in [1.82, 2.24) is 15.2 Å². The second-order valence-electron chi connectivity index (χ2n) is 8.50. The lowest BCUT2D eigenvalue weighted by atomic mass is 10.0. The number of anilines is 1. The van der Waals surface area contributed by atoms with E-state index in [9.17, 15) is 24.0 Å². The van der Waals surface area contributed by atoms with Gasteiger partial charge in [0.15, 0.2) is 22.3 Å². The predicted molar refractivity (Wildman–Crippen MR) is 135 cm³/mol. The molecule has 0 aliphatic carbocycles. The van der Waals surface area contributed by atoms with Gasteiger partial charge in [-0.25, -0.2) is 19.5 Å². The maximum absolute atomic E-state index is 13.5. The van der Waals surface area contributed by atoms with Crippen molar-refractivity contribution >= 4 is 46.2 Å². The number of hydrogen-bond donors (Lipinski definition) is 3. The number of ether oxygens (including phenoxy) is 3. The van der Waals surface area contributed by atoms with Crippen LogP contribution in [0, 0.1) is 0 Å². The molecule has 5 rings (SSSR count). The van der Waals surface area contributed by atoms with Crippen LogP contribution in [0.1, 0.15) is 38.0 Å². The molecule has 2 aliphatic heterocycles. The number of nitrogens with one attached hydrogen (secondary N) is 2. The summed E-state index contributed by atoms with van der Waals surface area (Å²) >= 11 is 0.978. The van der Waals surface area contributed by atoms with Gasteiger partial charge >= 0.3 is 12.0 Å². The predicted octanol–water partition coefficient (Wildman–Crippen LogP) is 1.60. The van der Waals surface area contributed by atoms with Crippen molar-refractivity contribution in [3.8, 4) is 11.5 Å². The van der Waals surface area contributed by atoms with E-state index in [2.05, 4.69) is 20.4 Å². The number of nitrogens with zero attached hydrogens (tertiary/aromatic N) is 2. The molecule has 200 valence electrons. The molecule has 3 heterocycles. The highest BCUT2D eigenvalue weighted by molar-refractivity contribution is 7.14. The number of imide groups is 1. The Morgan fingerprint density at radius 2 is 1.92 bits per heavy atom. The minimum atomic E-state index is -1.30. The number of nitrogens with two attached hydrogens (primary N) is 1. The Balaban J connectivity index is 1.43. The molecule has 1 fully saturated rings. The topological polar surface area (TPSA) is 179 Å². The fourth-order valence-electron chi connectivity index (χ4n) is 4.16. The molecule has 2 atom stereocenters. The van der Waals surface area contributed by atoms with Crippen molar-refractivity contribution in [2.45, 2.75) is 18.5 Å². The van der Waals surface area contributed by atoms with Gasteiger partial charge in [0.05, 0.1) is 7.11 Å². The quantitative estimate of drug-likeness (QED) is 0.277. The van der Waals surface area contributed by atoms with E-state index in [1.807, 2.05) is 0 Å². The Labute approximate surface area is 224 Å². The highest BCUT2D eigenvalue weighted by Crippen LogP contribution is 2.36. The van der Waals surface area contributed by atoms with Crippen LogP contribution in [0.5, 0.6) is 11.5 Å². The third-order valence-electron chi connectivity index (χ3n) is 6.11. The minimum absolute atomic E-state index is 0.00532. The number of carbonyl (C=O) groups is 5. The Hall–Kier alpha value is -4.98. The molecule has 14 heteroatoms. The lowest BCUT2D eigenvalue weighted by Gasteiger charge is -2.24. The van der Waals surface area contributed by atoms with Crippen LogP contribution in [-0.2, 0) is 20.7 Å². The van der Waals surface area contributed by atoms with E-state index in [-0.39, 0.29) is 29.6 Å². The fourth-order valence-corrected chi connectivity index (χ4v) is 4.84. The van der Waals surface area contributed by atoms with Gasteiger partial charge in [0, 0.05) is 17.4 Å². The fraction of sp³-hybridized carbons (Fsp3) is 0.200. The number of hydrogen-bond acceptors (Lipinski definition) is 10. The number of esters is 1. The number of methoxy groups -OCH3 is 1. The number of primary amides is 1. The van der Waals surface area contributed by atoms with Crippen molar-refractivity contribution in [3.05, 3.63) is 70.2 Å². The number of benzene rings is 2. The van der Waals surface area contributed by atoms with E-state index >= 15 is 0 Å². The lowest BCUT2D eigenvalue weighted by molar-refractivity contribution is -0.134. The molecule has 39 heavy (non-hydrogen) atoms. The van der Waals surface area contributed by atoms with E-state index < -0.39 is 41.8 Å². The van der Waals surface area contributed by atoms with Crippen LogP contribution in [0.2, 0.25) is 0 Å². The number of fused-ring (bicyclic) bond motifs is 1. The third kappa shape index (κ3) is 5.09. The summed E-state index contributed by atoms with van der Waals surface area (Å²) in [6.07, 6.45) is -0.0763. The maximum atomic E-state index is 13.5. The number of thiazole rings is 1. The summed E-state index contributed by atoms with van der Waals surface area (Å²) in [6, 6.07) is 7.83. The monoisotopic (exact) mass is 551 g/mol. The van der Waals surface area contributed by atoms with Gasteiger partial charge in [-0.05, 0) is 35.4 Å². The number of carbonyl (C=O) groups excluding carboxylic acids is 5. The zero-order valence-corrected chi connectivity index (χ0v) is 21.2. The molecule has 3 aromatic rings. The molecule has 2 unspecified atom stereocenters. The van der Waals surface area contributed by atoms with Crippen molar-refractivity contribution < 1.29 is 38.2 Å². The molecule has 0 radical (unpaired) electrons. The average Bonchev–Trinajstić information content (AvgIpc) is 3.66. The molecule has 2 aromatic carbocycles. The van der Waals surface area contributed by atoms with Crippen LogP contribution < -0.4 is 25.8 Å². The summed E-state index contributed by atoms with van der Waals surface area (Å²) in [4.78, 5) is 68.2. The van der Waals surface area contributed by atoms with Crippen LogP contribution in [-0.4, -0.2) is 59.6 Å². The van der Waals surface area contributed by atoms with E-state index in [1.165, 1.54) is 24.6 Å². The third-order valence-corrected chi connectivity index (χ3v) is 6.87. The molecule has 13 nitrogen and oxygen atoms in total. The first-order valence-corrected chi connectivity index (χ1v) is 12.4. The van der Waals surface area contributed by atoms with Gasteiger partial charge in [-0.2, -0.15) is 0 Å². The zero-order chi connectivity index (χ0) is 27.7. The van der Waals surface area contributed by atoms with Crippen molar-refractivity contribution in [1.29, 1.82) is 0 Å². The second kappa shape index (κ2) is 10.4. The Morgan fingerprint density at radius 3 is 2.64 bits per heavy atom. The molecule has 0 spiro atoms. The van der Waals surface area contributed by atoms with Gasteiger partial charge in [-0.3, -0.25) is 14.4 Å². The van der Waals surface area contributed by atoms with Crippen LogP contribution in [0.25, 0.3) is 0 Å². The SMILES string of the molecule is COC(=O)c1csc(NC(=O)C(Cc2ccc(C(N)=O)cc2)N2C(=O)NC(c3ccc4c(c3)OCO4)C2=O)n1. The summed E-state index contributed by atoms with van der Waals surface area (Å²) in [5.41, 5.74) is 6.57. The molecule has 2 aliphatic rings. The smallest absolute Gasteiger partial charge is 0.357 e. The molecule has 4 N–H and O–H groups in total. The molecular weight excluding hydrogens is 530 g/mol.